The molecule has 0 spiro atoms. The summed E-state index contributed by atoms with van der Waals surface area (Å²) in [5.74, 6) is 0.503. The van der Waals surface area contributed by atoms with E-state index in [9.17, 15) is 4.79 Å². The van der Waals surface area contributed by atoms with Gasteiger partial charge in [-0.2, -0.15) is 0 Å². The maximum atomic E-state index is 12.5. The molecule has 1 amide bonds. The van der Waals surface area contributed by atoms with Crippen LogP contribution < -0.4 is 10.1 Å². The molecule has 1 fully saturated rings. The highest BCUT2D eigenvalue weighted by atomic mass is 35.5. The van der Waals surface area contributed by atoms with Crippen molar-refractivity contribution in [1.82, 2.24) is 0 Å². The largest absolute Gasteiger partial charge is 0.495 e. The highest BCUT2D eigenvalue weighted by Gasteiger charge is 2.41. The lowest BCUT2D eigenvalue weighted by Crippen LogP contribution is -2.43. The molecule has 20 heavy (non-hydrogen) atoms. The fourth-order valence-corrected chi connectivity index (χ4v) is 2.91. The van der Waals surface area contributed by atoms with Gasteiger partial charge < -0.3 is 14.8 Å². The van der Waals surface area contributed by atoms with E-state index in [2.05, 4.69) is 5.32 Å². The summed E-state index contributed by atoms with van der Waals surface area (Å²) in [6, 6.07) is 5.20. The summed E-state index contributed by atoms with van der Waals surface area (Å²) in [5.41, 5.74) is -0.0204. The summed E-state index contributed by atoms with van der Waals surface area (Å²) in [6.45, 7) is 2.45. The molecule has 1 aromatic rings. The van der Waals surface area contributed by atoms with Crippen molar-refractivity contribution >= 4 is 23.2 Å². The van der Waals surface area contributed by atoms with Crippen molar-refractivity contribution in [2.75, 3.05) is 19.0 Å². The first-order valence-corrected chi connectivity index (χ1v) is 7.28. The number of halogens is 1. The summed E-state index contributed by atoms with van der Waals surface area (Å²) in [4.78, 5) is 12.5. The molecule has 4 nitrogen and oxygen atoms in total. The van der Waals surface area contributed by atoms with E-state index in [0.29, 0.717) is 23.1 Å². The van der Waals surface area contributed by atoms with Crippen LogP contribution in [0.5, 0.6) is 5.75 Å². The summed E-state index contributed by atoms with van der Waals surface area (Å²) >= 11 is 6.06. The normalized spacial score (nSPS) is 16.9. The third-order valence-electron chi connectivity index (χ3n) is 3.66. The molecule has 1 saturated carbocycles. The van der Waals surface area contributed by atoms with Gasteiger partial charge in [-0.05, 0) is 50.8 Å². The third kappa shape index (κ3) is 3.07. The molecular weight excluding hydrogens is 278 g/mol. The average Bonchev–Trinajstić information content (AvgIpc) is 2.89. The Bertz CT molecular complexity index is 484. The molecule has 1 N–H and O–H groups in total. The second-order valence-electron chi connectivity index (χ2n) is 4.94. The van der Waals surface area contributed by atoms with Crippen molar-refractivity contribution in [3.63, 3.8) is 0 Å². The Labute approximate surface area is 124 Å². The highest BCUT2D eigenvalue weighted by Crippen LogP contribution is 2.35. The number of carbonyl (C=O) groups excluding carboxylic acids is 1. The lowest BCUT2D eigenvalue weighted by molar-refractivity contribution is -0.140. The summed E-state index contributed by atoms with van der Waals surface area (Å²) in [7, 11) is 1.56. The SMILES string of the molecule is CCOC1(C(=O)Nc2ccc(OC)c(Cl)c2)CCCC1. The quantitative estimate of drug-likeness (QED) is 0.902. The third-order valence-corrected chi connectivity index (χ3v) is 3.95. The lowest BCUT2D eigenvalue weighted by atomic mass is 10.0. The molecule has 2 rings (SSSR count). The first-order valence-electron chi connectivity index (χ1n) is 6.90. The zero-order valence-corrected chi connectivity index (χ0v) is 12.6. The first kappa shape index (κ1) is 15.1. The van der Waals surface area contributed by atoms with Gasteiger partial charge in [0.1, 0.15) is 11.4 Å². The van der Waals surface area contributed by atoms with Crippen molar-refractivity contribution < 1.29 is 14.3 Å². The molecule has 0 aliphatic heterocycles. The number of carbonyl (C=O) groups is 1. The van der Waals surface area contributed by atoms with Crippen molar-refractivity contribution in [3.8, 4) is 5.75 Å². The molecule has 0 saturated heterocycles. The molecule has 0 radical (unpaired) electrons. The summed E-state index contributed by atoms with van der Waals surface area (Å²) in [6.07, 6.45) is 3.60. The molecule has 0 heterocycles. The molecule has 1 aliphatic rings. The first-order chi connectivity index (χ1) is 9.61. The number of amides is 1. The molecular formula is C15H20ClNO3. The van der Waals surface area contributed by atoms with E-state index in [-0.39, 0.29) is 5.91 Å². The monoisotopic (exact) mass is 297 g/mol. The number of hydrogen-bond acceptors (Lipinski definition) is 3. The van der Waals surface area contributed by atoms with Crippen LogP contribution >= 0.6 is 11.6 Å². The Balaban J connectivity index is 2.12. The number of hydrogen-bond donors (Lipinski definition) is 1. The maximum absolute atomic E-state index is 12.5. The standard InChI is InChI=1S/C15H20ClNO3/c1-3-20-15(8-4-5-9-15)14(18)17-11-6-7-13(19-2)12(16)10-11/h6-7,10H,3-5,8-9H2,1-2H3,(H,17,18). The van der Waals surface area contributed by atoms with Gasteiger partial charge in [-0.3, -0.25) is 4.79 Å². The Morgan fingerprint density at radius 2 is 2.10 bits per heavy atom. The molecule has 0 bridgehead atoms. The van der Waals surface area contributed by atoms with E-state index in [0.717, 1.165) is 25.7 Å². The van der Waals surface area contributed by atoms with Gasteiger partial charge in [-0.15, -0.1) is 0 Å². The molecule has 0 atom stereocenters. The molecule has 1 aliphatic carbocycles. The number of methoxy groups -OCH3 is 1. The van der Waals surface area contributed by atoms with E-state index in [1.165, 1.54) is 0 Å². The minimum absolute atomic E-state index is 0.0851. The second kappa shape index (κ2) is 6.46. The van der Waals surface area contributed by atoms with Crippen LogP contribution in [0.4, 0.5) is 5.69 Å². The maximum Gasteiger partial charge on any atom is 0.256 e. The summed E-state index contributed by atoms with van der Waals surface area (Å²) < 4.78 is 10.8. The highest BCUT2D eigenvalue weighted by molar-refractivity contribution is 6.32. The zero-order valence-electron chi connectivity index (χ0n) is 11.9. The van der Waals surface area contributed by atoms with Crippen molar-refractivity contribution in [2.45, 2.75) is 38.2 Å². The molecule has 1 aromatic carbocycles. The van der Waals surface area contributed by atoms with Gasteiger partial charge >= 0.3 is 0 Å². The summed E-state index contributed by atoms with van der Waals surface area (Å²) in [5, 5.41) is 3.37. The zero-order chi connectivity index (χ0) is 14.6. The smallest absolute Gasteiger partial charge is 0.256 e. The van der Waals surface area contributed by atoms with Crippen molar-refractivity contribution in [2.24, 2.45) is 0 Å². The molecule has 0 unspecified atom stereocenters. The van der Waals surface area contributed by atoms with Crippen molar-refractivity contribution in [3.05, 3.63) is 23.2 Å². The van der Waals surface area contributed by atoms with Gasteiger partial charge in [0.05, 0.1) is 12.1 Å². The number of ether oxygens (including phenoxy) is 2. The predicted octanol–water partition coefficient (Wildman–Crippen LogP) is 3.64. The van der Waals surface area contributed by atoms with Gasteiger partial charge in [0.15, 0.2) is 0 Å². The van der Waals surface area contributed by atoms with Crippen molar-refractivity contribution in [1.29, 1.82) is 0 Å². The topological polar surface area (TPSA) is 47.6 Å². The van der Waals surface area contributed by atoms with Gasteiger partial charge in [0.25, 0.3) is 5.91 Å². The average molecular weight is 298 g/mol. The van der Waals surface area contributed by atoms with Crippen LogP contribution in [-0.4, -0.2) is 25.2 Å². The Kier molecular flexibility index (Phi) is 4.89. The van der Waals surface area contributed by atoms with Gasteiger partial charge in [0.2, 0.25) is 0 Å². The number of nitrogens with one attached hydrogen (secondary N) is 1. The van der Waals surface area contributed by atoms with Gasteiger partial charge in [-0.25, -0.2) is 0 Å². The molecule has 5 heteroatoms. The lowest BCUT2D eigenvalue weighted by Gasteiger charge is -2.27. The fraction of sp³-hybridized carbons (Fsp3) is 0.533. The number of rotatable bonds is 5. The van der Waals surface area contributed by atoms with E-state index in [1.807, 2.05) is 6.92 Å². The fourth-order valence-electron chi connectivity index (χ4n) is 2.65. The minimum Gasteiger partial charge on any atom is -0.495 e. The van der Waals surface area contributed by atoms with Crippen LogP contribution in [0.3, 0.4) is 0 Å². The minimum atomic E-state index is -0.679. The van der Waals surface area contributed by atoms with Gasteiger partial charge in [0, 0.05) is 12.3 Å². The van der Waals surface area contributed by atoms with Crippen LogP contribution in [0, 0.1) is 0 Å². The van der Waals surface area contributed by atoms with Crippen LogP contribution in [0.2, 0.25) is 5.02 Å². The van der Waals surface area contributed by atoms with E-state index in [4.69, 9.17) is 21.1 Å². The van der Waals surface area contributed by atoms with Crippen LogP contribution in [0.1, 0.15) is 32.6 Å². The van der Waals surface area contributed by atoms with Gasteiger partial charge in [-0.1, -0.05) is 11.6 Å². The van der Waals surface area contributed by atoms with Crippen LogP contribution in [0.25, 0.3) is 0 Å². The van der Waals surface area contributed by atoms with Crippen LogP contribution in [-0.2, 0) is 9.53 Å². The van der Waals surface area contributed by atoms with E-state index < -0.39 is 5.60 Å². The Morgan fingerprint density at radius 3 is 2.65 bits per heavy atom. The van der Waals surface area contributed by atoms with Crippen LogP contribution in [0.15, 0.2) is 18.2 Å². The second-order valence-corrected chi connectivity index (χ2v) is 5.35. The Hall–Kier alpha value is -1.26. The Morgan fingerprint density at radius 1 is 1.40 bits per heavy atom. The molecule has 0 aromatic heterocycles. The predicted molar refractivity (Wildman–Crippen MR) is 79.5 cm³/mol. The van der Waals surface area contributed by atoms with E-state index in [1.54, 1.807) is 25.3 Å². The molecule has 110 valence electrons. The number of anilines is 1. The number of benzene rings is 1. The van der Waals surface area contributed by atoms with E-state index >= 15 is 0 Å².